The topological polar surface area (TPSA) is 95.2 Å². The molecule has 0 bridgehead atoms. The number of esters is 1. The van der Waals surface area contributed by atoms with Crippen molar-refractivity contribution < 1.29 is 18.7 Å². The number of amides is 1. The summed E-state index contributed by atoms with van der Waals surface area (Å²) in [6.07, 6.45) is 3.37. The summed E-state index contributed by atoms with van der Waals surface area (Å²) in [6.45, 7) is 0. The first-order valence-corrected chi connectivity index (χ1v) is 10.6. The minimum atomic E-state index is -0.805. The maximum Gasteiger partial charge on any atom is 0.346 e. The van der Waals surface area contributed by atoms with E-state index >= 15 is 0 Å². The van der Waals surface area contributed by atoms with E-state index in [1.807, 2.05) is 6.26 Å². The lowest BCUT2D eigenvalue weighted by Gasteiger charge is -2.23. The van der Waals surface area contributed by atoms with Crippen molar-refractivity contribution in [1.29, 1.82) is 5.41 Å². The molecule has 0 spiro atoms. The summed E-state index contributed by atoms with van der Waals surface area (Å²) >= 11 is 2.42. The number of hydrogen-bond donors (Lipinski definition) is 1. The fourth-order valence-corrected chi connectivity index (χ4v) is 4.17. The van der Waals surface area contributed by atoms with Gasteiger partial charge in [-0.2, -0.15) is 9.39 Å². The SMILES string of the molecule is CSC1=NSC2=NC(=O)/C(=C\c3ccc(OC(=O)c4ccccc4F)cc3)C(=N)N12. The van der Waals surface area contributed by atoms with E-state index in [1.165, 1.54) is 53.1 Å². The monoisotopic (exact) mass is 440 g/mol. The number of thioether (sulfide) groups is 1. The average molecular weight is 440 g/mol. The lowest BCUT2D eigenvalue weighted by Crippen LogP contribution is -2.41. The molecular weight excluding hydrogens is 427 g/mol. The number of carbonyl (C=O) groups is 2. The summed E-state index contributed by atoms with van der Waals surface area (Å²) in [6, 6.07) is 11.9. The molecule has 10 heteroatoms. The predicted octanol–water partition coefficient (Wildman–Crippen LogP) is 3.98. The first-order chi connectivity index (χ1) is 14.5. The Balaban J connectivity index is 1.53. The first kappa shape index (κ1) is 20.0. The maximum absolute atomic E-state index is 13.7. The highest BCUT2D eigenvalue weighted by Crippen LogP contribution is 2.31. The summed E-state index contributed by atoms with van der Waals surface area (Å²) in [5.74, 6) is -1.76. The third kappa shape index (κ3) is 3.79. The van der Waals surface area contributed by atoms with Gasteiger partial charge >= 0.3 is 5.97 Å². The molecule has 0 aliphatic carbocycles. The van der Waals surface area contributed by atoms with E-state index in [1.54, 1.807) is 18.2 Å². The summed E-state index contributed by atoms with van der Waals surface area (Å²) in [4.78, 5) is 30.0. The van der Waals surface area contributed by atoms with Crippen LogP contribution in [0.1, 0.15) is 15.9 Å². The lowest BCUT2D eigenvalue weighted by molar-refractivity contribution is -0.114. The minimum Gasteiger partial charge on any atom is -0.423 e. The number of nitrogens with one attached hydrogen (secondary N) is 1. The number of ether oxygens (including phenoxy) is 1. The summed E-state index contributed by atoms with van der Waals surface area (Å²) < 4.78 is 23.1. The fourth-order valence-electron chi connectivity index (χ4n) is 2.72. The van der Waals surface area contributed by atoms with Crippen LogP contribution in [0.4, 0.5) is 4.39 Å². The van der Waals surface area contributed by atoms with Crippen molar-refractivity contribution in [3.05, 3.63) is 71.0 Å². The van der Waals surface area contributed by atoms with Gasteiger partial charge in [0.25, 0.3) is 5.91 Å². The van der Waals surface area contributed by atoms with Crippen molar-refractivity contribution in [1.82, 2.24) is 4.90 Å². The van der Waals surface area contributed by atoms with Crippen molar-refractivity contribution in [2.45, 2.75) is 0 Å². The number of hydrogen-bond acceptors (Lipinski definition) is 7. The molecule has 7 nitrogen and oxygen atoms in total. The fraction of sp³-hybridized carbons (Fsp3) is 0.0500. The second-order valence-electron chi connectivity index (χ2n) is 6.05. The molecule has 30 heavy (non-hydrogen) atoms. The van der Waals surface area contributed by atoms with Gasteiger partial charge in [-0.1, -0.05) is 36.0 Å². The number of fused-ring (bicyclic) bond motifs is 1. The van der Waals surface area contributed by atoms with Crippen LogP contribution in [0.2, 0.25) is 0 Å². The molecule has 0 aromatic heterocycles. The molecule has 0 unspecified atom stereocenters. The van der Waals surface area contributed by atoms with Gasteiger partial charge in [0.15, 0.2) is 5.17 Å². The van der Waals surface area contributed by atoms with Crippen LogP contribution in [0.5, 0.6) is 5.75 Å². The number of benzene rings is 2. The third-order valence-electron chi connectivity index (χ3n) is 4.17. The Morgan fingerprint density at radius 1 is 1.23 bits per heavy atom. The van der Waals surface area contributed by atoms with Crippen LogP contribution in [0.3, 0.4) is 0 Å². The largest absolute Gasteiger partial charge is 0.423 e. The zero-order chi connectivity index (χ0) is 21.3. The van der Waals surface area contributed by atoms with E-state index in [-0.39, 0.29) is 22.7 Å². The van der Waals surface area contributed by atoms with Crippen LogP contribution in [0.15, 0.2) is 63.5 Å². The van der Waals surface area contributed by atoms with Crippen LogP contribution in [0.25, 0.3) is 6.08 Å². The first-order valence-electron chi connectivity index (χ1n) is 8.57. The highest BCUT2D eigenvalue weighted by molar-refractivity contribution is 8.18. The number of nitrogens with zero attached hydrogens (tertiary/aromatic N) is 3. The molecule has 0 saturated heterocycles. The van der Waals surface area contributed by atoms with Crippen LogP contribution >= 0.6 is 23.7 Å². The van der Waals surface area contributed by atoms with E-state index in [4.69, 9.17) is 10.1 Å². The summed E-state index contributed by atoms with van der Waals surface area (Å²) in [5.41, 5.74) is 0.578. The Labute approximate surface area is 179 Å². The van der Waals surface area contributed by atoms with Crippen molar-refractivity contribution >= 4 is 57.8 Å². The molecule has 0 radical (unpaired) electrons. The number of halogens is 1. The van der Waals surface area contributed by atoms with Gasteiger partial charge in [0, 0.05) is 0 Å². The van der Waals surface area contributed by atoms with E-state index in [9.17, 15) is 14.0 Å². The van der Waals surface area contributed by atoms with Gasteiger partial charge in [0.1, 0.15) is 17.4 Å². The molecule has 2 aliphatic rings. The Kier molecular flexibility index (Phi) is 5.51. The number of rotatable bonds is 3. The maximum atomic E-state index is 13.7. The van der Waals surface area contributed by atoms with Crippen molar-refractivity contribution in [2.75, 3.05) is 6.26 Å². The molecule has 2 aromatic rings. The van der Waals surface area contributed by atoms with E-state index in [0.717, 1.165) is 11.9 Å². The molecule has 0 fully saturated rings. The van der Waals surface area contributed by atoms with Crippen molar-refractivity contribution in [3.8, 4) is 5.75 Å². The van der Waals surface area contributed by atoms with Crippen LogP contribution in [-0.4, -0.2) is 39.2 Å². The van der Waals surface area contributed by atoms with Crippen LogP contribution < -0.4 is 4.74 Å². The predicted molar refractivity (Wildman–Crippen MR) is 116 cm³/mol. The van der Waals surface area contributed by atoms with Crippen LogP contribution in [-0.2, 0) is 4.79 Å². The average Bonchev–Trinajstić information content (AvgIpc) is 3.15. The Morgan fingerprint density at radius 3 is 2.67 bits per heavy atom. The highest BCUT2D eigenvalue weighted by atomic mass is 32.2. The van der Waals surface area contributed by atoms with Gasteiger partial charge in [0.2, 0.25) is 5.17 Å². The Morgan fingerprint density at radius 2 is 1.97 bits per heavy atom. The third-order valence-corrected chi connectivity index (χ3v) is 5.63. The highest BCUT2D eigenvalue weighted by Gasteiger charge is 2.36. The quantitative estimate of drug-likeness (QED) is 0.336. The lowest BCUT2D eigenvalue weighted by atomic mass is 10.1. The van der Waals surface area contributed by atoms with Gasteiger partial charge in [-0.05, 0) is 42.2 Å². The van der Waals surface area contributed by atoms with E-state index < -0.39 is 17.7 Å². The summed E-state index contributed by atoms with van der Waals surface area (Å²) in [7, 11) is 0. The molecular formula is C20H13FN4O3S2. The van der Waals surface area contributed by atoms with Gasteiger partial charge in [-0.15, -0.1) is 0 Å². The van der Waals surface area contributed by atoms with Gasteiger partial charge in [-0.25, -0.2) is 14.1 Å². The molecule has 1 amide bonds. The molecule has 2 aromatic carbocycles. The standard InChI is InChI=1S/C20H13FN4O3S2/c1-29-20-24-30-19-23-17(26)14(16(22)25(19)20)10-11-6-8-12(9-7-11)28-18(27)13-4-2-3-5-15(13)21/h2-10,22H,1H3/b14-10-,22-16?. The molecule has 2 aliphatic heterocycles. The number of carbonyl (C=O) groups excluding carboxylic acids is 2. The van der Waals surface area contributed by atoms with Crippen molar-refractivity contribution in [3.63, 3.8) is 0 Å². The molecule has 1 N–H and O–H groups in total. The van der Waals surface area contributed by atoms with Gasteiger partial charge in [0.05, 0.1) is 23.1 Å². The van der Waals surface area contributed by atoms with Gasteiger partial charge in [-0.3, -0.25) is 10.2 Å². The molecule has 150 valence electrons. The molecule has 4 rings (SSSR count). The second kappa shape index (κ2) is 8.25. The van der Waals surface area contributed by atoms with Crippen molar-refractivity contribution in [2.24, 2.45) is 9.39 Å². The van der Waals surface area contributed by atoms with Crippen LogP contribution in [0, 0.1) is 11.2 Å². The number of amidine groups is 3. The van der Waals surface area contributed by atoms with Gasteiger partial charge < -0.3 is 4.74 Å². The zero-order valence-electron chi connectivity index (χ0n) is 15.5. The second-order valence-corrected chi connectivity index (χ2v) is 7.55. The minimum absolute atomic E-state index is 0.00171. The Hall–Kier alpha value is -3.24. The molecule has 0 saturated carbocycles. The van der Waals surface area contributed by atoms with E-state index in [0.29, 0.717) is 15.9 Å². The number of aliphatic imine (C=N–C) groups is 1. The zero-order valence-corrected chi connectivity index (χ0v) is 17.1. The smallest absolute Gasteiger partial charge is 0.346 e. The molecule has 2 heterocycles. The Bertz CT molecular complexity index is 1160. The summed E-state index contributed by atoms with van der Waals surface area (Å²) in [5, 5.41) is 9.32. The van der Waals surface area contributed by atoms with E-state index in [2.05, 4.69) is 9.39 Å². The normalized spacial score (nSPS) is 17.0. The molecule has 0 atom stereocenters.